The molecule has 0 atom stereocenters. The molecule has 1 amide bonds. The number of fused-ring (bicyclic) bond motifs is 1. The molecule has 0 radical (unpaired) electrons. The van der Waals surface area contributed by atoms with E-state index in [1.165, 1.54) is 12.1 Å². The van der Waals surface area contributed by atoms with E-state index in [9.17, 15) is 22.4 Å². The van der Waals surface area contributed by atoms with Gasteiger partial charge in [0.05, 0.1) is 12.1 Å². The van der Waals surface area contributed by atoms with Crippen molar-refractivity contribution >= 4 is 16.9 Å². The zero-order valence-corrected chi connectivity index (χ0v) is 17.2. The number of nitrogens with zero attached hydrogens (tertiary/aromatic N) is 3. The number of carbonyl (C=O) groups is 1. The summed E-state index contributed by atoms with van der Waals surface area (Å²) < 4.78 is 57.2. The first-order valence-electron chi connectivity index (χ1n) is 10.1. The van der Waals surface area contributed by atoms with Gasteiger partial charge in [0.1, 0.15) is 11.5 Å². The van der Waals surface area contributed by atoms with Gasteiger partial charge >= 0.3 is 6.18 Å². The fourth-order valence-corrected chi connectivity index (χ4v) is 3.27. The molecule has 3 aromatic heterocycles. The molecular formula is C23H18F4N4O2. The number of nitrogens with one attached hydrogen (secondary N) is 1. The molecule has 6 nitrogen and oxygen atoms in total. The first-order valence-corrected chi connectivity index (χ1v) is 10.1. The average Bonchev–Trinajstić information content (AvgIpc) is 3.26. The van der Waals surface area contributed by atoms with Crippen LogP contribution in [0, 0.1) is 5.82 Å². The number of benzene rings is 1. The van der Waals surface area contributed by atoms with Gasteiger partial charge in [-0.2, -0.15) is 13.2 Å². The fraction of sp³-hybridized carbons (Fsp3) is 0.217. The number of hydrogen-bond donors (Lipinski definition) is 1. The third-order valence-electron chi connectivity index (χ3n) is 4.94. The first-order chi connectivity index (χ1) is 15.8. The molecule has 10 heteroatoms. The van der Waals surface area contributed by atoms with Gasteiger partial charge in [-0.05, 0) is 55.3 Å². The SMILES string of the molecule is O=C(CCCc1ccc2cccnc2n1)NCc1cc(-c2ccc(F)c(C(F)(F)F)c2)no1. The highest BCUT2D eigenvalue weighted by Gasteiger charge is 2.34. The molecule has 170 valence electrons. The van der Waals surface area contributed by atoms with Gasteiger partial charge in [-0.15, -0.1) is 0 Å². The monoisotopic (exact) mass is 458 g/mol. The van der Waals surface area contributed by atoms with Crippen molar-refractivity contribution in [2.24, 2.45) is 0 Å². The van der Waals surface area contributed by atoms with E-state index in [1.807, 2.05) is 24.3 Å². The Balaban J connectivity index is 1.29. The number of alkyl halides is 3. The molecule has 1 N–H and O–H groups in total. The van der Waals surface area contributed by atoms with Crippen molar-refractivity contribution in [3.8, 4) is 11.3 Å². The molecule has 3 heterocycles. The summed E-state index contributed by atoms with van der Waals surface area (Å²) in [5, 5.41) is 7.34. The predicted octanol–water partition coefficient (Wildman–Crippen LogP) is 5.08. The lowest BCUT2D eigenvalue weighted by Gasteiger charge is -2.08. The Labute approximate surface area is 185 Å². The zero-order chi connectivity index (χ0) is 23.4. The molecule has 0 fully saturated rings. The summed E-state index contributed by atoms with van der Waals surface area (Å²) in [5.41, 5.74) is 0.285. The van der Waals surface area contributed by atoms with E-state index in [0.717, 1.165) is 17.1 Å². The van der Waals surface area contributed by atoms with E-state index in [0.29, 0.717) is 24.6 Å². The van der Waals surface area contributed by atoms with Gasteiger partial charge in [-0.25, -0.2) is 14.4 Å². The van der Waals surface area contributed by atoms with Crippen molar-refractivity contribution in [1.29, 1.82) is 0 Å². The van der Waals surface area contributed by atoms with Gasteiger partial charge in [0.25, 0.3) is 0 Å². The molecule has 0 spiro atoms. The number of hydrogen-bond acceptors (Lipinski definition) is 5. The van der Waals surface area contributed by atoms with Crippen LogP contribution in [0.25, 0.3) is 22.3 Å². The minimum atomic E-state index is -4.82. The second kappa shape index (κ2) is 9.35. The van der Waals surface area contributed by atoms with E-state index in [-0.39, 0.29) is 35.9 Å². The molecule has 0 saturated heterocycles. The van der Waals surface area contributed by atoms with Gasteiger partial charge in [0.15, 0.2) is 11.4 Å². The summed E-state index contributed by atoms with van der Waals surface area (Å²) in [6.45, 7) is 0.0251. The molecular weight excluding hydrogens is 440 g/mol. The summed E-state index contributed by atoms with van der Waals surface area (Å²) >= 11 is 0. The maximum Gasteiger partial charge on any atom is 0.419 e. The molecule has 33 heavy (non-hydrogen) atoms. The molecule has 0 unspecified atom stereocenters. The maximum absolute atomic E-state index is 13.5. The number of aryl methyl sites for hydroxylation is 1. The highest BCUT2D eigenvalue weighted by atomic mass is 19.4. The van der Waals surface area contributed by atoms with Crippen molar-refractivity contribution in [3.05, 3.63) is 77.6 Å². The first kappa shape index (κ1) is 22.4. The predicted molar refractivity (Wildman–Crippen MR) is 111 cm³/mol. The van der Waals surface area contributed by atoms with Gasteiger partial charge in [-0.1, -0.05) is 5.16 Å². The molecule has 0 bridgehead atoms. The van der Waals surface area contributed by atoms with Gasteiger partial charge < -0.3 is 9.84 Å². The summed E-state index contributed by atoms with van der Waals surface area (Å²) in [7, 11) is 0. The third kappa shape index (κ3) is 5.51. The van der Waals surface area contributed by atoms with Crippen LogP contribution in [-0.2, 0) is 23.9 Å². The van der Waals surface area contributed by atoms with E-state index in [1.54, 1.807) is 6.20 Å². The van der Waals surface area contributed by atoms with Crippen LogP contribution < -0.4 is 5.32 Å². The summed E-state index contributed by atoms with van der Waals surface area (Å²) in [5.74, 6) is -1.32. The minimum Gasteiger partial charge on any atom is -0.359 e. The summed E-state index contributed by atoms with van der Waals surface area (Å²) in [6.07, 6.45) is -1.70. The number of carbonyl (C=O) groups excluding carboxylic acids is 1. The van der Waals surface area contributed by atoms with Crippen molar-refractivity contribution in [2.75, 3.05) is 0 Å². The topological polar surface area (TPSA) is 80.9 Å². The van der Waals surface area contributed by atoms with Crippen LogP contribution >= 0.6 is 0 Å². The molecule has 1 aromatic carbocycles. The minimum absolute atomic E-state index is 0.0251. The van der Waals surface area contributed by atoms with Crippen LogP contribution in [0.4, 0.5) is 17.6 Å². The van der Waals surface area contributed by atoms with Crippen LogP contribution in [0.2, 0.25) is 0 Å². The largest absolute Gasteiger partial charge is 0.419 e. The fourth-order valence-electron chi connectivity index (χ4n) is 3.27. The number of aromatic nitrogens is 3. The summed E-state index contributed by atoms with van der Waals surface area (Å²) in [6, 6.07) is 11.6. The summed E-state index contributed by atoms with van der Waals surface area (Å²) in [4.78, 5) is 20.8. The Morgan fingerprint density at radius 1 is 1.09 bits per heavy atom. The van der Waals surface area contributed by atoms with Crippen LogP contribution in [0.1, 0.15) is 29.9 Å². The third-order valence-corrected chi connectivity index (χ3v) is 4.94. The number of halogens is 4. The van der Waals surface area contributed by atoms with Crippen LogP contribution in [-0.4, -0.2) is 21.0 Å². The molecule has 0 aliphatic rings. The highest BCUT2D eigenvalue weighted by Crippen LogP contribution is 2.34. The smallest absolute Gasteiger partial charge is 0.359 e. The van der Waals surface area contributed by atoms with Crippen LogP contribution in [0.3, 0.4) is 0 Å². The van der Waals surface area contributed by atoms with Crippen molar-refractivity contribution < 1.29 is 26.9 Å². The van der Waals surface area contributed by atoms with Gasteiger partial charge in [-0.3, -0.25) is 4.79 Å². The van der Waals surface area contributed by atoms with Crippen LogP contribution in [0.15, 0.2) is 59.3 Å². The van der Waals surface area contributed by atoms with Crippen molar-refractivity contribution in [3.63, 3.8) is 0 Å². The van der Waals surface area contributed by atoms with Gasteiger partial charge in [0.2, 0.25) is 5.91 Å². The maximum atomic E-state index is 13.5. The normalized spacial score (nSPS) is 11.6. The van der Waals surface area contributed by atoms with Crippen LogP contribution in [0.5, 0.6) is 0 Å². The Hall–Kier alpha value is -3.82. The number of pyridine rings is 2. The highest BCUT2D eigenvalue weighted by molar-refractivity contribution is 5.76. The number of amides is 1. The van der Waals surface area contributed by atoms with Crippen molar-refractivity contribution in [2.45, 2.75) is 32.0 Å². The second-order valence-corrected chi connectivity index (χ2v) is 7.35. The lowest BCUT2D eigenvalue weighted by molar-refractivity contribution is -0.140. The zero-order valence-electron chi connectivity index (χ0n) is 17.2. The Morgan fingerprint density at radius 3 is 2.76 bits per heavy atom. The van der Waals surface area contributed by atoms with E-state index < -0.39 is 17.6 Å². The molecule has 0 aliphatic carbocycles. The standard InChI is InChI=1S/C23H18F4N4O2/c24-19-9-7-15(11-18(19)23(25,26)27)20-12-17(33-31-20)13-29-21(32)5-1-4-16-8-6-14-3-2-10-28-22(14)30-16/h2-3,6-12H,1,4-5,13H2,(H,29,32). The van der Waals surface area contributed by atoms with E-state index >= 15 is 0 Å². The Morgan fingerprint density at radius 2 is 1.94 bits per heavy atom. The molecule has 4 aromatic rings. The second-order valence-electron chi connectivity index (χ2n) is 7.35. The molecule has 0 saturated carbocycles. The average molecular weight is 458 g/mol. The van der Waals surface area contributed by atoms with E-state index in [2.05, 4.69) is 20.4 Å². The molecule has 0 aliphatic heterocycles. The van der Waals surface area contributed by atoms with Gasteiger partial charge in [0, 0.05) is 35.3 Å². The lowest BCUT2D eigenvalue weighted by atomic mass is 10.1. The molecule has 4 rings (SSSR count). The van der Waals surface area contributed by atoms with Crippen molar-refractivity contribution in [1.82, 2.24) is 20.4 Å². The lowest BCUT2D eigenvalue weighted by Crippen LogP contribution is -2.22. The Bertz CT molecular complexity index is 1290. The number of rotatable bonds is 7. The quantitative estimate of drug-likeness (QED) is 0.391. The van der Waals surface area contributed by atoms with E-state index in [4.69, 9.17) is 4.52 Å². The Kier molecular flexibility index (Phi) is 6.34.